The van der Waals surface area contributed by atoms with Crippen LogP contribution in [0.1, 0.15) is 31.4 Å². The maximum Gasteiger partial charge on any atom is 0.276 e. The van der Waals surface area contributed by atoms with Crippen molar-refractivity contribution in [1.29, 1.82) is 0 Å². The van der Waals surface area contributed by atoms with E-state index < -0.39 is 0 Å². The zero-order chi connectivity index (χ0) is 20.5. The van der Waals surface area contributed by atoms with E-state index >= 15 is 0 Å². The van der Waals surface area contributed by atoms with Crippen molar-refractivity contribution in [3.63, 3.8) is 0 Å². The molecule has 0 unspecified atom stereocenters. The van der Waals surface area contributed by atoms with Crippen LogP contribution in [0.3, 0.4) is 0 Å². The summed E-state index contributed by atoms with van der Waals surface area (Å²) in [6.07, 6.45) is 10.6. The van der Waals surface area contributed by atoms with Gasteiger partial charge in [0.2, 0.25) is 0 Å². The second kappa shape index (κ2) is 7.78. The van der Waals surface area contributed by atoms with Crippen molar-refractivity contribution in [2.45, 2.75) is 38.8 Å². The van der Waals surface area contributed by atoms with Crippen molar-refractivity contribution in [1.82, 2.24) is 29.2 Å². The first-order valence-corrected chi connectivity index (χ1v) is 10.3. The minimum atomic E-state index is -0.107. The van der Waals surface area contributed by atoms with E-state index in [1.54, 1.807) is 28.6 Å². The van der Waals surface area contributed by atoms with Gasteiger partial charge in [0.15, 0.2) is 0 Å². The van der Waals surface area contributed by atoms with Gasteiger partial charge in [0, 0.05) is 24.5 Å². The summed E-state index contributed by atoms with van der Waals surface area (Å²) in [6.45, 7) is 1.30. The van der Waals surface area contributed by atoms with Crippen LogP contribution in [-0.2, 0) is 13.1 Å². The molecule has 8 heteroatoms. The first kappa shape index (κ1) is 18.6. The number of methoxy groups -OCH3 is 1. The molecule has 8 nitrogen and oxygen atoms in total. The lowest BCUT2D eigenvalue weighted by molar-refractivity contribution is 0.415. The first-order valence-electron chi connectivity index (χ1n) is 10.3. The summed E-state index contributed by atoms with van der Waals surface area (Å²) in [4.78, 5) is 13.0. The highest BCUT2D eigenvalue weighted by atomic mass is 16.5. The van der Waals surface area contributed by atoms with Gasteiger partial charge in [-0.1, -0.05) is 30.2 Å². The topological polar surface area (TPSA) is 79.2 Å². The fraction of sp³-hybridized carbons (Fsp3) is 0.364. The number of aromatic nitrogens is 6. The molecule has 3 heterocycles. The number of benzene rings is 1. The Hall–Kier alpha value is -3.42. The van der Waals surface area contributed by atoms with Crippen LogP contribution in [0.25, 0.3) is 16.8 Å². The molecular weight excluding hydrogens is 380 g/mol. The molecule has 0 radical (unpaired) electrons. The second-order valence-corrected chi connectivity index (χ2v) is 7.90. The summed E-state index contributed by atoms with van der Waals surface area (Å²) >= 11 is 0. The summed E-state index contributed by atoms with van der Waals surface area (Å²) in [7, 11) is 1.63. The van der Waals surface area contributed by atoms with E-state index in [4.69, 9.17) is 4.74 Å². The summed E-state index contributed by atoms with van der Waals surface area (Å²) in [5.41, 5.74) is 2.83. The van der Waals surface area contributed by atoms with Crippen molar-refractivity contribution in [3.8, 4) is 17.0 Å². The molecule has 0 bridgehead atoms. The van der Waals surface area contributed by atoms with Gasteiger partial charge in [-0.3, -0.25) is 9.48 Å². The van der Waals surface area contributed by atoms with Gasteiger partial charge < -0.3 is 9.30 Å². The third-order valence-corrected chi connectivity index (χ3v) is 5.81. The van der Waals surface area contributed by atoms with Crippen molar-refractivity contribution in [3.05, 3.63) is 65.0 Å². The van der Waals surface area contributed by atoms with Gasteiger partial charge in [0.1, 0.15) is 17.0 Å². The highest BCUT2D eigenvalue weighted by Gasteiger charge is 2.16. The Labute approximate surface area is 173 Å². The minimum absolute atomic E-state index is 0.107. The Morgan fingerprint density at radius 3 is 2.87 bits per heavy atom. The number of hydrogen-bond acceptors (Lipinski definition) is 5. The Kier molecular flexibility index (Phi) is 4.82. The molecular formula is C22H24N6O2. The van der Waals surface area contributed by atoms with Gasteiger partial charge in [-0.05, 0) is 37.0 Å². The highest BCUT2D eigenvalue weighted by Crippen LogP contribution is 2.26. The van der Waals surface area contributed by atoms with E-state index in [9.17, 15) is 4.79 Å². The molecule has 1 aliphatic rings. The summed E-state index contributed by atoms with van der Waals surface area (Å²) in [5, 5.41) is 13.1. The minimum Gasteiger partial charge on any atom is -0.497 e. The van der Waals surface area contributed by atoms with E-state index in [1.165, 1.54) is 25.7 Å². The van der Waals surface area contributed by atoms with Crippen LogP contribution < -0.4 is 10.3 Å². The molecule has 4 aromatic rings. The van der Waals surface area contributed by atoms with Crippen LogP contribution >= 0.6 is 0 Å². The smallest absolute Gasteiger partial charge is 0.276 e. The molecule has 1 fully saturated rings. The number of ether oxygens (including phenoxy) is 1. The van der Waals surface area contributed by atoms with Gasteiger partial charge in [-0.15, -0.1) is 5.10 Å². The Bertz CT molecular complexity index is 1230. The van der Waals surface area contributed by atoms with Crippen molar-refractivity contribution >= 4 is 5.52 Å². The summed E-state index contributed by atoms with van der Waals surface area (Å²) < 4.78 is 10.5. The molecule has 5 rings (SSSR count). The zero-order valence-electron chi connectivity index (χ0n) is 16.9. The SMILES string of the molecule is COc1cccc(-c2cc3c(=O)n(Cc4cn(CC5CCCC5)nn4)ccn3n2)c1. The average Bonchev–Trinajstić information content (AvgIpc) is 3.52. The van der Waals surface area contributed by atoms with Crippen molar-refractivity contribution in [2.75, 3.05) is 7.11 Å². The lowest BCUT2D eigenvalue weighted by Gasteiger charge is -2.07. The monoisotopic (exact) mass is 404 g/mol. The molecule has 30 heavy (non-hydrogen) atoms. The van der Waals surface area contributed by atoms with E-state index in [0.29, 0.717) is 18.0 Å². The van der Waals surface area contributed by atoms with Crippen molar-refractivity contribution < 1.29 is 4.74 Å². The van der Waals surface area contributed by atoms with Crippen LogP contribution in [0.4, 0.5) is 0 Å². The van der Waals surface area contributed by atoms with Crippen LogP contribution in [0.5, 0.6) is 5.75 Å². The highest BCUT2D eigenvalue weighted by molar-refractivity contribution is 5.66. The van der Waals surface area contributed by atoms with Crippen LogP contribution in [0.15, 0.2) is 53.7 Å². The first-order chi connectivity index (χ1) is 14.7. The maximum absolute atomic E-state index is 13.0. The quantitative estimate of drug-likeness (QED) is 0.494. The normalized spacial score (nSPS) is 14.6. The molecule has 1 saturated carbocycles. The molecule has 0 aliphatic heterocycles. The number of rotatable bonds is 6. The fourth-order valence-electron chi connectivity index (χ4n) is 4.21. The second-order valence-electron chi connectivity index (χ2n) is 7.90. The van der Waals surface area contributed by atoms with E-state index in [2.05, 4.69) is 15.4 Å². The van der Waals surface area contributed by atoms with E-state index in [-0.39, 0.29) is 5.56 Å². The molecule has 1 aliphatic carbocycles. The third kappa shape index (κ3) is 3.60. The van der Waals surface area contributed by atoms with Gasteiger partial charge in [0.05, 0.1) is 25.5 Å². The van der Waals surface area contributed by atoms with Gasteiger partial charge in [0.25, 0.3) is 5.56 Å². The lowest BCUT2D eigenvalue weighted by Crippen LogP contribution is -2.22. The average molecular weight is 404 g/mol. The number of hydrogen-bond donors (Lipinski definition) is 0. The molecule has 1 aromatic carbocycles. The van der Waals surface area contributed by atoms with Gasteiger partial charge >= 0.3 is 0 Å². The van der Waals surface area contributed by atoms with Crippen LogP contribution in [0.2, 0.25) is 0 Å². The predicted molar refractivity (Wildman–Crippen MR) is 113 cm³/mol. The summed E-state index contributed by atoms with van der Waals surface area (Å²) in [6, 6.07) is 9.45. The predicted octanol–water partition coefficient (Wildman–Crippen LogP) is 3.00. The van der Waals surface area contributed by atoms with Crippen LogP contribution in [-0.4, -0.2) is 36.3 Å². The molecule has 3 aromatic heterocycles. The molecule has 0 saturated heterocycles. The summed E-state index contributed by atoms with van der Waals surface area (Å²) in [5.74, 6) is 1.45. The Morgan fingerprint density at radius 1 is 1.17 bits per heavy atom. The molecule has 0 N–H and O–H groups in total. The molecule has 0 amide bonds. The zero-order valence-corrected chi connectivity index (χ0v) is 16.9. The van der Waals surface area contributed by atoms with Crippen LogP contribution in [0, 0.1) is 5.92 Å². The molecule has 154 valence electrons. The Balaban J connectivity index is 1.39. The number of fused-ring (bicyclic) bond motifs is 1. The molecule has 0 atom stereocenters. The maximum atomic E-state index is 13.0. The number of nitrogens with zero attached hydrogens (tertiary/aromatic N) is 6. The molecule has 0 spiro atoms. The Morgan fingerprint density at radius 2 is 2.03 bits per heavy atom. The fourth-order valence-corrected chi connectivity index (χ4v) is 4.21. The standard InChI is InChI=1S/C22H24N6O2/c1-30-19-8-4-7-17(11-19)20-12-21-22(29)26(9-10-28(21)24-20)14-18-15-27(25-23-18)13-16-5-2-3-6-16/h4,7-12,15-16H,2-3,5-6,13-14H2,1H3. The third-order valence-electron chi connectivity index (χ3n) is 5.81. The van der Waals surface area contributed by atoms with Crippen molar-refractivity contribution in [2.24, 2.45) is 5.92 Å². The lowest BCUT2D eigenvalue weighted by atomic mass is 10.1. The van der Waals surface area contributed by atoms with E-state index in [0.717, 1.165) is 29.2 Å². The van der Waals surface area contributed by atoms with Gasteiger partial charge in [-0.2, -0.15) is 5.10 Å². The largest absolute Gasteiger partial charge is 0.497 e. The van der Waals surface area contributed by atoms with E-state index in [1.807, 2.05) is 41.2 Å². The van der Waals surface area contributed by atoms with Gasteiger partial charge in [-0.25, -0.2) is 4.52 Å².